The fraction of sp³-hybridized carbons (Fsp3) is 0.200. The zero-order valence-electron chi connectivity index (χ0n) is 12.7. The van der Waals surface area contributed by atoms with Crippen molar-refractivity contribution in [3.63, 3.8) is 0 Å². The second kappa shape index (κ2) is 5.78. The minimum atomic E-state index is -3.58. The number of amidine groups is 1. The molecule has 25 heavy (non-hydrogen) atoms. The standard InChI is InChI=1S/C15H12ClN3O5S/c16-10-6-12-13(24-8-23-12)7-11(10)17-15(20)9-2-1-3-19-4-5-25(21,22)18-14(9)19/h1-3,6-7H,4-5,8H2,(H,17,20). The van der Waals surface area contributed by atoms with Gasteiger partial charge in [-0.15, -0.1) is 4.40 Å². The molecule has 0 radical (unpaired) electrons. The number of rotatable bonds is 2. The lowest BCUT2D eigenvalue weighted by Gasteiger charge is -2.28. The van der Waals surface area contributed by atoms with Gasteiger partial charge in [-0.25, -0.2) is 8.42 Å². The van der Waals surface area contributed by atoms with E-state index in [1.165, 1.54) is 6.08 Å². The first kappa shape index (κ1) is 16.0. The molecular weight excluding hydrogens is 370 g/mol. The van der Waals surface area contributed by atoms with Crippen molar-refractivity contribution in [1.29, 1.82) is 0 Å². The normalized spacial score (nSPS) is 19.8. The summed E-state index contributed by atoms with van der Waals surface area (Å²) in [5.41, 5.74) is 0.469. The van der Waals surface area contributed by atoms with Gasteiger partial charge < -0.3 is 19.7 Å². The third-order valence-corrected chi connectivity index (χ3v) is 5.27. The van der Waals surface area contributed by atoms with E-state index in [1.807, 2.05) is 0 Å². The predicted octanol–water partition coefficient (Wildman–Crippen LogP) is 1.50. The second-order valence-corrected chi connectivity index (χ2v) is 7.62. The second-order valence-electron chi connectivity index (χ2n) is 5.46. The number of benzene rings is 1. The summed E-state index contributed by atoms with van der Waals surface area (Å²) in [6, 6.07) is 3.10. The SMILES string of the molecule is O=C(Nc1cc2c(cc1Cl)OCO2)C1=CC=CN2CCS(=O)(=O)N=C12. The molecule has 0 saturated heterocycles. The number of ether oxygens (including phenoxy) is 2. The fourth-order valence-electron chi connectivity index (χ4n) is 2.60. The van der Waals surface area contributed by atoms with Crippen molar-refractivity contribution in [2.45, 2.75) is 0 Å². The summed E-state index contributed by atoms with van der Waals surface area (Å²) in [6.45, 7) is 0.329. The van der Waals surface area contributed by atoms with Gasteiger partial charge in [0.2, 0.25) is 6.79 Å². The van der Waals surface area contributed by atoms with E-state index in [1.54, 1.807) is 29.3 Å². The molecule has 0 atom stereocenters. The molecule has 3 aliphatic rings. The Balaban J connectivity index is 1.64. The molecule has 0 aromatic heterocycles. The Morgan fingerprint density at radius 1 is 1.28 bits per heavy atom. The summed E-state index contributed by atoms with van der Waals surface area (Å²) < 4.78 is 37.7. The van der Waals surface area contributed by atoms with Crippen LogP contribution in [0.5, 0.6) is 11.5 Å². The Labute approximate surface area is 148 Å². The first-order valence-corrected chi connectivity index (χ1v) is 9.30. The van der Waals surface area contributed by atoms with Crippen molar-refractivity contribution < 1.29 is 22.7 Å². The first-order chi connectivity index (χ1) is 11.9. The van der Waals surface area contributed by atoms with Crippen molar-refractivity contribution in [2.24, 2.45) is 4.40 Å². The Morgan fingerprint density at radius 3 is 2.84 bits per heavy atom. The van der Waals surface area contributed by atoms with Crippen molar-refractivity contribution in [1.82, 2.24) is 4.90 Å². The number of hydrogen-bond donors (Lipinski definition) is 1. The van der Waals surface area contributed by atoms with Gasteiger partial charge in [-0.05, 0) is 12.2 Å². The number of anilines is 1. The molecule has 3 heterocycles. The van der Waals surface area contributed by atoms with Crippen LogP contribution >= 0.6 is 11.6 Å². The number of amides is 1. The molecule has 1 N–H and O–H groups in total. The van der Waals surface area contributed by atoms with Gasteiger partial charge in [0.1, 0.15) is 0 Å². The van der Waals surface area contributed by atoms with Crippen molar-refractivity contribution >= 4 is 39.1 Å². The molecule has 1 amide bonds. The Kier molecular flexibility index (Phi) is 3.69. The van der Waals surface area contributed by atoms with Crippen molar-refractivity contribution in [3.8, 4) is 11.5 Å². The summed E-state index contributed by atoms with van der Waals surface area (Å²) in [4.78, 5) is 14.3. The van der Waals surface area contributed by atoms with Gasteiger partial charge in [-0.2, -0.15) is 0 Å². The van der Waals surface area contributed by atoms with Crippen LogP contribution in [0.25, 0.3) is 0 Å². The van der Waals surface area contributed by atoms with Gasteiger partial charge in [0, 0.05) is 24.9 Å². The largest absolute Gasteiger partial charge is 0.454 e. The lowest BCUT2D eigenvalue weighted by molar-refractivity contribution is -0.112. The summed E-state index contributed by atoms with van der Waals surface area (Å²) in [5.74, 6) is 0.450. The highest BCUT2D eigenvalue weighted by Crippen LogP contribution is 2.39. The van der Waals surface area contributed by atoms with Gasteiger partial charge >= 0.3 is 0 Å². The van der Waals surface area contributed by atoms with Crippen LogP contribution in [0.1, 0.15) is 0 Å². The highest BCUT2D eigenvalue weighted by Gasteiger charge is 2.30. The molecule has 0 saturated carbocycles. The van der Waals surface area contributed by atoms with E-state index in [4.69, 9.17) is 21.1 Å². The van der Waals surface area contributed by atoms with E-state index in [0.29, 0.717) is 17.2 Å². The number of allylic oxidation sites excluding steroid dienone is 2. The smallest absolute Gasteiger partial charge is 0.259 e. The predicted molar refractivity (Wildman–Crippen MR) is 91.4 cm³/mol. The molecule has 0 unspecified atom stereocenters. The molecule has 0 fully saturated rings. The number of nitrogens with one attached hydrogen (secondary N) is 1. The average molecular weight is 382 g/mol. The van der Waals surface area contributed by atoms with E-state index in [-0.39, 0.29) is 35.5 Å². The molecule has 130 valence electrons. The molecule has 8 nitrogen and oxygen atoms in total. The lowest BCUT2D eigenvalue weighted by Crippen LogP contribution is -2.40. The maximum absolute atomic E-state index is 12.6. The quantitative estimate of drug-likeness (QED) is 0.833. The van der Waals surface area contributed by atoms with E-state index < -0.39 is 15.9 Å². The molecule has 0 aliphatic carbocycles. The minimum absolute atomic E-state index is 0.0859. The molecule has 0 spiro atoms. The van der Waals surface area contributed by atoms with E-state index in [9.17, 15) is 13.2 Å². The maximum atomic E-state index is 12.6. The van der Waals surface area contributed by atoms with Gasteiger partial charge in [0.25, 0.3) is 15.9 Å². The van der Waals surface area contributed by atoms with Gasteiger partial charge in [0.05, 0.1) is 22.0 Å². The van der Waals surface area contributed by atoms with Crippen LogP contribution < -0.4 is 14.8 Å². The highest BCUT2D eigenvalue weighted by atomic mass is 35.5. The monoisotopic (exact) mass is 381 g/mol. The van der Waals surface area contributed by atoms with Gasteiger partial charge in [0.15, 0.2) is 17.3 Å². The zero-order valence-corrected chi connectivity index (χ0v) is 14.3. The first-order valence-electron chi connectivity index (χ1n) is 7.31. The lowest BCUT2D eigenvalue weighted by atomic mass is 10.1. The molecule has 0 bridgehead atoms. The average Bonchev–Trinajstić information content (AvgIpc) is 3.00. The molecule has 4 rings (SSSR count). The van der Waals surface area contributed by atoms with E-state index in [2.05, 4.69) is 9.71 Å². The van der Waals surface area contributed by atoms with Crippen molar-refractivity contribution in [2.75, 3.05) is 24.4 Å². The number of carbonyl (C=O) groups is 1. The summed E-state index contributed by atoms with van der Waals surface area (Å²) in [6.07, 6.45) is 4.84. The van der Waals surface area contributed by atoms with Crippen LogP contribution in [0, 0.1) is 0 Å². The van der Waals surface area contributed by atoms with Crippen LogP contribution in [0.2, 0.25) is 5.02 Å². The molecule has 1 aromatic carbocycles. The number of nitrogens with zero attached hydrogens (tertiary/aromatic N) is 2. The Hall–Kier alpha value is -2.52. The van der Waals surface area contributed by atoms with Crippen LogP contribution in [0.15, 0.2) is 40.5 Å². The molecule has 3 aliphatic heterocycles. The summed E-state index contributed by atoms with van der Waals surface area (Å²) >= 11 is 6.15. The highest BCUT2D eigenvalue weighted by molar-refractivity contribution is 7.90. The molecule has 1 aromatic rings. The number of carbonyl (C=O) groups excluding carboxylic acids is 1. The Morgan fingerprint density at radius 2 is 2.04 bits per heavy atom. The maximum Gasteiger partial charge on any atom is 0.259 e. The van der Waals surface area contributed by atoms with E-state index >= 15 is 0 Å². The third-order valence-electron chi connectivity index (χ3n) is 3.81. The van der Waals surface area contributed by atoms with Gasteiger partial charge in [-0.3, -0.25) is 4.79 Å². The van der Waals surface area contributed by atoms with Gasteiger partial charge in [-0.1, -0.05) is 11.6 Å². The summed E-state index contributed by atoms with van der Waals surface area (Å²) in [7, 11) is -3.58. The van der Waals surface area contributed by atoms with Crippen LogP contribution in [-0.4, -0.2) is 44.2 Å². The van der Waals surface area contributed by atoms with Crippen molar-refractivity contribution in [3.05, 3.63) is 41.1 Å². The minimum Gasteiger partial charge on any atom is -0.454 e. The number of halogens is 1. The van der Waals surface area contributed by atoms with E-state index in [0.717, 1.165) is 0 Å². The third kappa shape index (κ3) is 2.96. The fourth-order valence-corrected chi connectivity index (χ4v) is 3.78. The van der Waals surface area contributed by atoms with Crippen LogP contribution in [0.3, 0.4) is 0 Å². The molecular formula is C15H12ClN3O5S. The molecule has 10 heteroatoms. The summed E-state index contributed by atoms with van der Waals surface area (Å²) in [5, 5.41) is 2.94. The van der Waals surface area contributed by atoms with Crippen LogP contribution in [0.4, 0.5) is 5.69 Å². The number of fused-ring (bicyclic) bond motifs is 2. The number of sulfonamides is 1. The Bertz CT molecular complexity index is 968. The zero-order chi connectivity index (χ0) is 17.6. The number of hydrogen-bond acceptors (Lipinski definition) is 6. The topological polar surface area (TPSA) is 97.3 Å². The van der Waals surface area contributed by atoms with Crippen LogP contribution in [-0.2, 0) is 14.8 Å².